The van der Waals surface area contributed by atoms with E-state index in [1.54, 1.807) is 6.92 Å². The molecule has 0 atom stereocenters. The molecule has 0 aliphatic carbocycles. The fraction of sp³-hybridized carbons (Fsp3) is 0.857. The number of carbonyl (C=O) groups excluding carboxylic acids is 1. The van der Waals surface area contributed by atoms with E-state index in [0.29, 0.717) is 6.54 Å². The Morgan fingerprint density at radius 3 is 2.60 bits per heavy atom. The number of hydrogen-bond acceptors (Lipinski definition) is 3. The van der Waals surface area contributed by atoms with Crippen LogP contribution in [-0.2, 0) is 9.53 Å². The summed E-state index contributed by atoms with van der Waals surface area (Å²) in [5, 5.41) is 0. The van der Waals surface area contributed by atoms with Gasteiger partial charge in [-0.25, -0.2) is 0 Å². The quantitative estimate of drug-likeness (QED) is 0.402. The van der Waals surface area contributed by atoms with Crippen LogP contribution in [0, 0.1) is 0 Å². The van der Waals surface area contributed by atoms with Crippen LogP contribution in [0.2, 0.25) is 0 Å². The van der Waals surface area contributed by atoms with Crippen LogP contribution in [0.3, 0.4) is 0 Å². The zero-order valence-electron chi connectivity index (χ0n) is 6.30. The molecule has 1 aliphatic heterocycles. The van der Waals surface area contributed by atoms with Crippen molar-refractivity contribution in [2.24, 2.45) is 0 Å². The van der Waals surface area contributed by atoms with Crippen molar-refractivity contribution in [3.63, 3.8) is 0 Å². The minimum Gasteiger partial charge on any atom is -0.379 e. The van der Waals surface area contributed by atoms with Crippen molar-refractivity contribution in [3.05, 3.63) is 0 Å². The first-order valence-corrected chi connectivity index (χ1v) is 3.58. The van der Waals surface area contributed by atoms with Crippen molar-refractivity contribution in [1.82, 2.24) is 4.90 Å². The zero-order chi connectivity index (χ0) is 7.40. The summed E-state index contributed by atoms with van der Waals surface area (Å²) < 4.78 is 5.13. The normalized spacial score (nSPS) is 20.9. The summed E-state index contributed by atoms with van der Waals surface area (Å²) >= 11 is 0. The van der Waals surface area contributed by atoms with E-state index >= 15 is 0 Å². The molecule has 0 spiro atoms. The van der Waals surface area contributed by atoms with Crippen LogP contribution in [-0.4, -0.2) is 43.5 Å². The monoisotopic (exact) mass is 146 g/mol. The third-order valence-electron chi connectivity index (χ3n) is 1.55. The summed E-state index contributed by atoms with van der Waals surface area (Å²) in [4.78, 5) is 12.7. The summed E-state index contributed by atoms with van der Waals surface area (Å²) in [5.41, 5.74) is 0. The lowest BCUT2D eigenvalue weighted by Gasteiger charge is -2.25. The first-order valence-electron chi connectivity index (χ1n) is 3.58. The van der Waals surface area contributed by atoms with Crippen LogP contribution in [0.15, 0.2) is 0 Å². The summed E-state index contributed by atoms with van der Waals surface area (Å²) in [6, 6.07) is 0. The van der Waals surface area contributed by atoms with Gasteiger partial charge in [-0.2, -0.15) is 0 Å². The molecule has 0 saturated carbocycles. The van der Waals surface area contributed by atoms with Crippen LogP contribution in [0.25, 0.3) is 0 Å². The molecule has 0 radical (unpaired) electrons. The molecule has 0 bridgehead atoms. The lowest BCUT2D eigenvalue weighted by Crippen LogP contribution is -2.38. The Bertz CT molecular complexity index is 119. The van der Waals surface area contributed by atoms with E-state index in [4.69, 9.17) is 4.74 Å². The van der Waals surface area contributed by atoms with E-state index in [1.165, 1.54) is 0 Å². The van der Waals surface area contributed by atoms with E-state index in [-0.39, 0.29) is 5.78 Å². The van der Waals surface area contributed by atoms with E-state index in [0.717, 1.165) is 26.3 Å². The van der Waals surface area contributed by atoms with Crippen LogP contribution in [0.4, 0.5) is 0 Å². The van der Waals surface area contributed by atoms with Crippen molar-refractivity contribution >= 4 is 5.78 Å². The van der Waals surface area contributed by atoms with Crippen molar-refractivity contribution in [2.45, 2.75) is 6.92 Å². The number of morpholine rings is 1. The molecule has 0 N–H and O–H groups in total. The molecule has 1 heterocycles. The van der Waals surface area contributed by atoms with Crippen molar-refractivity contribution < 1.29 is 9.53 Å². The molecule has 58 valence electrons. The summed E-state index contributed by atoms with van der Waals surface area (Å²) in [6.07, 6.45) is 0. The predicted octanol–water partition coefficient (Wildman–Crippen LogP) is -0.0924. The highest BCUT2D eigenvalue weighted by molar-refractivity contribution is 5.77. The highest BCUT2D eigenvalue weighted by atomic mass is 18.1. The van der Waals surface area contributed by atoms with Gasteiger partial charge in [0.2, 0.25) is 0 Å². The second-order valence-corrected chi connectivity index (χ2v) is 2.59. The topological polar surface area (TPSA) is 29.5 Å². The van der Waals surface area contributed by atoms with E-state index in [2.05, 4.69) is 4.90 Å². The van der Waals surface area contributed by atoms with Crippen molar-refractivity contribution in [3.8, 4) is 0 Å². The average Bonchev–Trinajstić information content (AvgIpc) is 1.88. The molecule has 1 fully saturated rings. The highest BCUT2D eigenvalue weighted by Gasteiger charge is 2.10. The Balaban J connectivity index is 2.19. The van der Waals surface area contributed by atoms with Gasteiger partial charge in [0.25, 0.3) is 0 Å². The minimum atomic E-state index is 0.238. The molecule has 1 saturated heterocycles. The number of rotatable bonds is 2. The molecule has 0 amide bonds. The van der Waals surface area contributed by atoms with E-state index in [9.17, 15) is 4.79 Å². The molecule has 0 aromatic rings. The molecule has 3 heteroatoms. The van der Waals surface area contributed by atoms with Gasteiger partial charge in [-0.05, 0) is 6.92 Å². The van der Waals surface area contributed by atoms with Crippen LogP contribution >= 0.6 is 0 Å². The Labute approximate surface area is 61.0 Å². The van der Waals surface area contributed by atoms with E-state index < -0.39 is 0 Å². The van der Waals surface area contributed by atoms with Crippen molar-refractivity contribution in [2.75, 3.05) is 32.8 Å². The molecule has 3 nitrogen and oxygen atoms in total. The number of ketones is 1. The fourth-order valence-corrected chi connectivity index (χ4v) is 1.07. The number of hydrogen-bond donors (Lipinski definition) is 0. The zero-order valence-corrected chi connectivity index (χ0v) is 6.30. The van der Waals surface area contributed by atoms with Crippen LogP contribution < -0.4 is 0 Å². The first kappa shape index (κ1) is 7.69. The number of Topliss-reactive ketones (excluding diaryl/α,β-unsaturated/α-hetero) is 1. The Kier molecular flexibility index (Phi) is 2.83. The second-order valence-electron chi connectivity index (χ2n) is 2.59. The third kappa shape index (κ3) is 2.45. The maximum Gasteiger partial charge on any atom is 0.143 e. The summed E-state index contributed by atoms with van der Waals surface area (Å²) in [7, 11) is 0. The van der Waals surface area contributed by atoms with Gasteiger partial charge in [-0.3, -0.25) is 9.69 Å². The molecule has 0 aromatic heterocycles. The van der Waals surface area contributed by atoms with Gasteiger partial charge in [0.05, 0.1) is 19.8 Å². The molecule has 0 unspecified atom stereocenters. The SMILES string of the molecule is CC(=[18O])[13CH2]N1CCOCC1. The smallest absolute Gasteiger partial charge is 0.143 e. The van der Waals surface area contributed by atoms with Crippen molar-refractivity contribution in [1.29, 1.82) is 0 Å². The standard InChI is InChI=1S/C7H13NO2/c1-7(9)6-8-2-4-10-5-3-8/h2-6H2,1H3/i6+1,9+2. The average molecular weight is 146 g/mol. The Hall–Kier alpha value is -0.410. The van der Waals surface area contributed by atoms with Crippen LogP contribution in [0.5, 0.6) is 0 Å². The lowest BCUT2D eigenvalue weighted by molar-refractivity contribution is -0.119. The predicted molar refractivity (Wildman–Crippen MR) is 37.9 cm³/mol. The largest absolute Gasteiger partial charge is 0.379 e. The fourth-order valence-electron chi connectivity index (χ4n) is 1.07. The maximum absolute atomic E-state index is 10.6. The molecule has 1 aliphatic rings. The van der Waals surface area contributed by atoms with Gasteiger partial charge in [-0.1, -0.05) is 0 Å². The summed E-state index contributed by atoms with van der Waals surface area (Å²) in [5.74, 6) is 0.238. The van der Waals surface area contributed by atoms with Crippen LogP contribution in [0.1, 0.15) is 6.92 Å². The number of nitrogens with zero attached hydrogens (tertiary/aromatic N) is 1. The van der Waals surface area contributed by atoms with Gasteiger partial charge in [0.1, 0.15) is 5.78 Å². The maximum atomic E-state index is 10.6. The molecule has 0 aromatic carbocycles. The highest BCUT2D eigenvalue weighted by Crippen LogP contribution is 1.95. The van der Waals surface area contributed by atoms with Gasteiger partial charge in [0, 0.05) is 13.1 Å². The van der Waals surface area contributed by atoms with Gasteiger partial charge < -0.3 is 4.74 Å². The van der Waals surface area contributed by atoms with Gasteiger partial charge >= 0.3 is 0 Å². The lowest BCUT2D eigenvalue weighted by atomic mass is 10.5. The van der Waals surface area contributed by atoms with Gasteiger partial charge in [0.15, 0.2) is 0 Å². The van der Waals surface area contributed by atoms with Gasteiger partial charge in [-0.15, -0.1) is 0 Å². The second kappa shape index (κ2) is 3.68. The Morgan fingerprint density at radius 1 is 1.50 bits per heavy atom. The minimum absolute atomic E-state index is 0.238. The number of carbonyl (C=O) groups is 1. The third-order valence-corrected chi connectivity index (χ3v) is 1.55. The molecule has 10 heavy (non-hydrogen) atoms. The van der Waals surface area contributed by atoms with E-state index in [1.807, 2.05) is 0 Å². The first-order chi connectivity index (χ1) is 4.79. The molecular formula is C7H13NO2. The molecular weight excluding hydrogens is 133 g/mol. The summed E-state index contributed by atoms with van der Waals surface area (Å²) in [6.45, 7) is 5.55. The molecule has 1 rings (SSSR count). The number of ether oxygens (including phenoxy) is 1. The Morgan fingerprint density at radius 2 is 2.10 bits per heavy atom.